The lowest BCUT2D eigenvalue weighted by Gasteiger charge is -2.35. The molecule has 1 aliphatic rings. The summed E-state index contributed by atoms with van der Waals surface area (Å²) in [4.78, 5) is 14.6. The van der Waals surface area contributed by atoms with E-state index in [9.17, 15) is 4.79 Å². The van der Waals surface area contributed by atoms with Crippen LogP contribution in [0.4, 0.5) is 5.69 Å². The van der Waals surface area contributed by atoms with Gasteiger partial charge in [0.2, 0.25) is 5.91 Å². The maximum absolute atomic E-state index is 12.3. The van der Waals surface area contributed by atoms with Crippen LogP contribution in [0.2, 0.25) is 0 Å². The van der Waals surface area contributed by atoms with Gasteiger partial charge in [-0.1, -0.05) is 15.9 Å². The lowest BCUT2D eigenvalue weighted by Crippen LogP contribution is -2.48. The Morgan fingerprint density at radius 2 is 1.86 bits per heavy atom. The molecule has 1 aromatic carbocycles. The van der Waals surface area contributed by atoms with Gasteiger partial charge in [0.25, 0.3) is 0 Å². The van der Waals surface area contributed by atoms with Crippen LogP contribution in [0.1, 0.15) is 26.7 Å². The number of anilines is 1. The number of hydrogen-bond donors (Lipinski definition) is 2. The van der Waals surface area contributed by atoms with Gasteiger partial charge in [0.1, 0.15) is 0 Å². The molecule has 4 nitrogen and oxygen atoms in total. The molecule has 1 saturated heterocycles. The van der Waals surface area contributed by atoms with Crippen molar-refractivity contribution in [1.82, 2.24) is 4.90 Å². The molecule has 1 amide bonds. The first-order valence-corrected chi connectivity index (χ1v) is 8.20. The SMILES string of the molecule is CC(C)(N)CN1CCC(C(=O)Nc2ccc(Br)cc2)CC1.Cl. The average molecular weight is 391 g/mol. The van der Waals surface area contributed by atoms with Crippen LogP contribution in [0.25, 0.3) is 0 Å². The first kappa shape index (κ1) is 19.4. The molecule has 1 aliphatic heterocycles. The number of nitrogens with two attached hydrogens (primary N) is 1. The highest BCUT2D eigenvalue weighted by atomic mass is 79.9. The van der Waals surface area contributed by atoms with Crippen LogP contribution in [0.5, 0.6) is 0 Å². The molecule has 6 heteroatoms. The highest BCUT2D eigenvalue weighted by Gasteiger charge is 2.27. The van der Waals surface area contributed by atoms with E-state index in [2.05, 4.69) is 26.1 Å². The zero-order valence-corrected chi connectivity index (χ0v) is 15.5. The molecule has 0 spiro atoms. The predicted octanol–water partition coefficient (Wildman–Crippen LogP) is 3.26. The number of carbonyl (C=O) groups is 1. The molecular formula is C16H25BrClN3O. The molecule has 0 unspecified atom stereocenters. The van der Waals surface area contributed by atoms with Crippen molar-refractivity contribution >= 4 is 39.9 Å². The molecule has 1 fully saturated rings. The number of piperidine rings is 1. The van der Waals surface area contributed by atoms with Crippen LogP contribution >= 0.6 is 28.3 Å². The first-order valence-electron chi connectivity index (χ1n) is 7.41. The monoisotopic (exact) mass is 389 g/mol. The standard InChI is InChI=1S/C16H24BrN3O.ClH/c1-16(2,18)11-20-9-7-12(8-10-20)15(21)19-14-5-3-13(17)4-6-14;/h3-6,12H,7-11,18H2,1-2H3,(H,19,21);1H. The van der Waals surface area contributed by atoms with E-state index in [0.717, 1.165) is 42.6 Å². The maximum atomic E-state index is 12.3. The lowest BCUT2D eigenvalue weighted by atomic mass is 9.94. The summed E-state index contributed by atoms with van der Waals surface area (Å²) in [6.45, 7) is 6.85. The summed E-state index contributed by atoms with van der Waals surface area (Å²) < 4.78 is 1.01. The Balaban J connectivity index is 0.00000242. The summed E-state index contributed by atoms with van der Waals surface area (Å²) in [5.74, 6) is 0.231. The van der Waals surface area contributed by atoms with Gasteiger partial charge in [0.05, 0.1) is 0 Å². The largest absolute Gasteiger partial charge is 0.326 e. The van der Waals surface area contributed by atoms with Crippen molar-refractivity contribution < 1.29 is 4.79 Å². The van der Waals surface area contributed by atoms with Crippen molar-refractivity contribution in [3.05, 3.63) is 28.7 Å². The molecule has 0 atom stereocenters. The van der Waals surface area contributed by atoms with Crippen LogP contribution < -0.4 is 11.1 Å². The van der Waals surface area contributed by atoms with E-state index in [-0.39, 0.29) is 29.8 Å². The van der Waals surface area contributed by atoms with Crippen LogP contribution in [0.3, 0.4) is 0 Å². The molecule has 0 radical (unpaired) electrons. The van der Waals surface area contributed by atoms with Crippen LogP contribution in [0.15, 0.2) is 28.7 Å². The molecule has 0 bridgehead atoms. The molecule has 124 valence electrons. The minimum atomic E-state index is -0.174. The second-order valence-corrected chi connectivity index (χ2v) is 7.45. The molecule has 0 saturated carbocycles. The molecule has 1 aromatic rings. The summed E-state index contributed by atoms with van der Waals surface area (Å²) >= 11 is 3.39. The van der Waals surface area contributed by atoms with Gasteiger partial charge in [0, 0.05) is 28.2 Å². The number of rotatable bonds is 4. The average Bonchev–Trinajstić information content (AvgIpc) is 2.40. The zero-order chi connectivity index (χ0) is 15.5. The molecule has 3 N–H and O–H groups in total. The predicted molar refractivity (Wildman–Crippen MR) is 97.5 cm³/mol. The van der Waals surface area contributed by atoms with Crippen LogP contribution in [-0.2, 0) is 4.79 Å². The Hall–Kier alpha value is -0.620. The number of halogens is 2. The van der Waals surface area contributed by atoms with Gasteiger partial charge in [-0.3, -0.25) is 4.79 Å². The summed E-state index contributed by atoms with van der Waals surface area (Å²) in [5, 5.41) is 3.00. The van der Waals surface area contributed by atoms with E-state index in [1.165, 1.54) is 0 Å². The van der Waals surface area contributed by atoms with Crippen molar-refractivity contribution in [3.63, 3.8) is 0 Å². The zero-order valence-electron chi connectivity index (χ0n) is 13.1. The van der Waals surface area contributed by atoms with Crippen molar-refractivity contribution in [2.24, 2.45) is 11.7 Å². The fraction of sp³-hybridized carbons (Fsp3) is 0.562. The van der Waals surface area contributed by atoms with Crippen LogP contribution in [-0.4, -0.2) is 36.0 Å². The van der Waals surface area contributed by atoms with E-state index in [0.29, 0.717) is 0 Å². The fourth-order valence-electron chi connectivity index (χ4n) is 2.71. The molecule has 0 aromatic heterocycles. The van der Waals surface area contributed by atoms with Crippen LogP contribution in [0, 0.1) is 5.92 Å². The Morgan fingerprint density at radius 1 is 1.32 bits per heavy atom. The van der Waals surface area contributed by atoms with Crippen molar-refractivity contribution in [2.75, 3.05) is 25.0 Å². The number of likely N-dealkylation sites (tertiary alicyclic amines) is 1. The van der Waals surface area contributed by atoms with Gasteiger partial charge in [-0.05, 0) is 64.0 Å². The lowest BCUT2D eigenvalue weighted by molar-refractivity contribution is -0.121. The van der Waals surface area contributed by atoms with Gasteiger partial charge < -0.3 is 16.0 Å². The Labute approximate surface area is 147 Å². The molecule has 0 aliphatic carbocycles. The second-order valence-electron chi connectivity index (χ2n) is 6.54. The highest BCUT2D eigenvalue weighted by molar-refractivity contribution is 9.10. The van der Waals surface area contributed by atoms with Gasteiger partial charge in [-0.25, -0.2) is 0 Å². The fourth-order valence-corrected chi connectivity index (χ4v) is 2.97. The summed E-state index contributed by atoms with van der Waals surface area (Å²) in [5.41, 5.74) is 6.73. The number of nitrogens with one attached hydrogen (secondary N) is 1. The highest BCUT2D eigenvalue weighted by Crippen LogP contribution is 2.21. The smallest absolute Gasteiger partial charge is 0.227 e. The maximum Gasteiger partial charge on any atom is 0.227 e. The Bertz CT molecular complexity index is 479. The number of nitrogens with zero attached hydrogens (tertiary/aromatic N) is 1. The van der Waals surface area contributed by atoms with Gasteiger partial charge in [-0.2, -0.15) is 0 Å². The van der Waals surface area contributed by atoms with Gasteiger partial charge >= 0.3 is 0 Å². The quantitative estimate of drug-likeness (QED) is 0.829. The normalized spacial score (nSPS) is 16.9. The Kier molecular flexibility index (Phi) is 7.32. The Morgan fingerprint density at radius 3 is 2.36 bits per heavy atom. The summed E-state index contributed by atoms with van der Waals surface area (Å²) in [6, 6.07) is 7.69. The van der Waals surface area contributed by atoms with E-state index in [4.69, 9.17) is 5.73 Å². The molecule has 1 heterocycles. The third kappa shape index (κ3) is 6.24. The number of amides is 1. The minimum absolute atomic E-state index is 0. The second kappa shape index (κ2) is 8.29. The van der Waals surface area contributed by atoms with Crippen molar-refractivity contribution in [1.29, 1.82) is 0 Å². The number of benzene rings is 1. The molecule has 22 heavy (non-hydrogen) atoms. The summed E-state index contributed by atoms with van der Waals surface area (Å²) in [6.07, 6.45) is 1.80. The summed E-state index contributed by atoms with van der Waals surface area (Å²) in [7, 11) is 0. The number of carbonyl (C=O) groups excluding carboxylic acids is 1. The molecule has 2 rings (SSSR count). The third-order valence-corrected chi connectivity index (χ3v) is 4.23. The topological polar surface area (TPSA) is 58.4 Å². The first-order chi connectivity index (χ1) is 9.83. The van der Waals surface area contributed by atoms with E-state index >= 15 is 0 Å². The van der Waals surface area contributed by atoms with Crippen molar-refractivity contribution in [3.8, 4) is 0 Å². The number of hydrogen-bond acceptors (Lipinski definition) is 3. The van der Waals surface area contributed by atoms with Gasteiger partial charge in [-0.15, -0.1) is 12.4 Å². The van der Waals surface area contributed by atoms with Crippen molar-refractivity contribution in [2.45, 2.75) is 32.2 Å². The van der Waals surface area contributed by atoms with E-state index in [1.54, 1.807) is 0 Å². The van der Waals surface area contributed by atoms with E-state index in [1.807, 2.05) is 38.1 Å². The van der Waals surface area contributed by atoms with E-state index < -0.39 is 0 Å². The minimum Gasteiger partial charge on any atom is -0.326 e. The van der Waals surface area contributed by atoms with Gasteiger partial charge in [0.15, 0.2) is 0 Å². The molecular weight excluding hydrogens is 366 g/mol. The third-order valence-electron chi connectivity index (χ3n) is 3.70.